The zero-order chi connectivity index (χ0) is 14.7. The van der Waals surface area contributed by atoms with Gasteiger partial charge in [0.15, 0.2) is 5.41 Å². The Morgan fingerprint density at radius 3 is 2.00 bits per heavy atom. The smallest absolute Gasteiger partial charge is 0.323 e. The number of carbonyl (C=O) groups is 2. The summed E-state index contributed by atoms with van der Waals surface area (Å²) in [5.74, 6) is -0.927. The van der Waals surface area contributed by atoms with Crippen LogP contribution in [-0.4, -0.2) is 25.2 Å². The fourth-order valence-corrected chi connectivity index (χ4v) is 2.24. The average molecular weight is 382 g/mol. The van der Waals surface area contributed by atoms with Crippen LogP contribution in [0.5, 0.6) is 0 Å². The zero-order valence-electron chi connectivity index (χ0n) is 11.9. The highest BCUT2D eigenvalue weighted by Crippen LogP contribution is 2.32. The number of hydrogen-bond donors (Lipinski definition) is 0. The molecule has 4 nitrogen and oxygen atoms in total. The van der Waals surface area contributed by atoms with Crippen molar-refractivity contribution >= 4 is 34.5 Å². The fraction of sp³-hybridized carbons (Fsp3) is 0.714. The molecule has 0 unspecified atom stereocenters. The highest BCUT2D eigenvalue weighted by atomic mass is 127. The highest BCUT2D eigenvalue weighted by Gasteiger charge is 2.46. The lowest BCUT2D eigenvalue weighted by Crippen LogP contribution is -2.41. The zero-order valence-corrected chi connectivity index (χ0v) is 14.1. The van der Waals surface area contributed by atoms with E-state index >= 15 is 0 Å². The summed E-state index contributed by atoms with van der Waals surface area (Å²) in [4.78, 5) is 24.3. The lowest BCUT2D eigenvalue weighted by atomic mass is 9.80. The van der Waals surface area contributed by atoms with Crippen molar-refractivity contribution in [2.75, 3.05) is 13.2 Å². The van der Waals surface area contributed by atoms with E-state index in [0.29, 0.717) is 12.8 Å². The third kappa shape index (κ3) is 5.50. The topological polar surface area (TPSA) is 52.6 Å². The van der Waals surface area contributed by atoms with Crippen LogP contribution in [0.3, 0.4) is 0 Å². The summed E-state index contributed by atoms with van der Waals surface area (Å²) in [6, 6.07) is 0. The monoisotopic (exact) mass is 382 g/mol. The molecule has 0 spiro atoms. The molecule has 0 atom stereocenters. The van der Waals surface area contributed by atoms with Gasteiger partial charge in [-0.15, -0.1) is 0 Å². The molecule has 0 saturated carbocycles. The van der Waals surface area contributed by atoms with Crippen molar-refractivity contribution in [3.8, 4) is 0 Å². The molecule has 0 N–H and O–H groups in total. The van der Waals surface area contributed by atoms with E-state index in [-0.39, 0.29) is 13.2 Å². The average Bonchev–Trinajstić information content (AvgIpc) is 2.40. The summed E-state index contributed by atoms with van der Waals surface area (Å²) >= 11 is 2.15. The maximum absolute atomic E-state index is 12.1. The minimum atomic E-state index is -1.15. The second-order valence-corrected chi connectivity index (χ2v) is 4.85. The largest absolute Gasteiger partial charge is 0.465 e. The molecule has 5 heteroatoms. The summed E-state index contributed by atoms with van der Waals surface area (Å²) in [6.07, 6.45) is 4.46. The number of allylic oxidation sites excluding steroid dienone is 1. The number of rotatable bonds is 9. The van der Waals surface area contributed by atoms with Crippen molar-refractivity contribution in [2.45, 2.75) is 46.5 Å². The summed E-state index contributed by atoms with van der Waals surface area (Å²) in [7, 11) is 0. The first-order valence-electron chi connectivity index (χ1n) is 6.68. The van der Waals surface area contributed by atoms with E-state index in [4.69, 9.17) is 9.47 Å². The van der Waals surface area contributed by atoms with Gasteiger partial charge in [0.05, 0.1) is 13.2 Å². The van der Waals surface area contributed by atoms with Crippen LogP contribution in [0.25, 0.3) is 0 Å². The van der Waals surface area contributed by atoms with Gasteiger partial charge in [-0.3, -0.25) is 9.59 Å². The molecular weight excluding hydrogens is 359 g/mol. The second kappa shape index (κ2) is 10.2. The highest BCUT2D eigenvalue weighted by molar-refractivity contribution is 14.1. The summed E-state index contributed by atoms with van der Waals surface area (Å²) in [5, 5.41) is 0. The molecule has 0 aromatic carbocycles. The normalized spacial score (nSPS) is 11.6. The van der Waals surface area contributed by atoms with Crippen molar-refractivity contribution in [2.24, 2.45) is 5.41 Å². The van der Waals surface area contributed by atoms with E-state index in [0.717, 1.165) is 12.8 Å². The Labute approximate surface area is 129 Å². The number of halogens is 1. The van der Waals surface area contributed by atoms with Crippen LogP contribution >= 0.6 is 22.6 Å². The first-order valence-corrected chi connectivity index (χ1v) is 7.93. The summed E-state index contributed by atoms with van der Waals surface area (Å²) < 4.78 is 12.1. The molecule has 0 amide bonds. The standard InChI is InChI=1S/C14H23IO4/c1-4-14(12(16)18-5-2,13(17)19-6-3)10-8-7-9-11-15/h9,11H,4-8,10H2,1-3H3/b11-9+. The molecular formula is C14H23IO4. The lowest BCUT2D eigenvalue weighted by Gasteiger charge is -2.27. The molecule has 0 aliphatic heterocycles. The number of esters is 2. The van der Waals surface area contributed by atoms with Crippen LogP contribution in [0.1, 0.15) is 46.5 Å². The van der Waals surface area contributed by atoms with Crippen LogP contribution in [0.2, 0.25) is 0 Å². The number of hydrogen-bond acceptors (Lipinski definition) is 4. The number of ether oxygens (including phenoxy) is 2. The summed E-state index contributed by atoms with van der Waals surface area (Å²) in [6.45, 7) is 5.84. The molecule has 0 rings (SSSR count). The van der Waals surface area contributed by atoms with Crippen molar-refractivity contribution in [1.82, 2.24) is 0 Å². The Morgan fingerprint density at radius 1 is 1.11 bits per heavy atom. The molecule has 110 valence electrons. The van der Waals surface area contributed by atoms with Gasteiger partial charge >= 0.3 is 11.9 Å². The predicted octanol–water partition coefficient (Wildman–Crippen LogP) is 3.63. The van der Waals surface area contributed by atoms with Crippen molar-refractivity contribution < 1.29 is 19.1 Å². The van der Waals surface area contributed by atoms with E-state index < -0.39 is 17.4 Å². The summed E-state index contributed by atoms with van der Waals surface area (Å²) in [5.41, 5.74) is -1.15. The molecule has 0 fully saturated rings. The molecule has 0 heterocycles. The van der Waals surface area contributed by atoms with Gasteiger partial charge in [-0.25, -0.2) is 0 Å². The second-order valence-electron chi connectivity index (χ2n) is 4.13. The van der Waals surface area contributed by atoms with E-state index in [9.17, 15) is 9.59 Å². The Morgan fingerprint density at radius 2 is 1.63 bits per heavy atom. The van der Waals surface area contributed by atoms with Gasteiger partial charge in [-0.2, -0.15) is 0 Å². The van der Waals surface area contributed by atoms with E-state index in [1.807, 2.05) is 17.1 Å². The Hall–Kier alpha value is -0.590. The van der Waals surface area contributed by atoms with Gasteiger partial charge in [0, 0.05) is 0 Å². The number of carbonyl (C=O) groups excluding carboxylic acids is 2. The van der Waals surface area contributed by atoms with Crippen molar-refractivity contribution in [3.05, 3.63) is 10.2 Å². The van der Waals surface area contributed by atoms with Crippen LogP contribution in [0.4, 0.5) is 0 Å². The van der Waals surface area contributed by atoms with Gasteiger partial charge in [-0.05, 0) is 43.6 Å². The van der Waals surface area contributed by atoms with E-state index in [2.05, 4.69) is 22.6 Å². The van der Waals surface area contributed by atoms with Crippen LogP contribution in [0, 0.1) is 5.41 Å². The quantitative estimate of drug-likeness (QED) is 0.265. The van der Waals surface area contributed by atoms with Crippen LogP contribution < -0.4 is 0 Å². The van der Waals surface area contributed by atoms with E-state index in [1.165, 1.54) is 0 Å². The molecule has 0 aliphatic rings. The van der Waals surface area contributed by atoms with Gasteiger partial charge in [0.25, 0.3) is 0 Å². The third-order valence-corrected chi connectivity index (χ3v) is 3.51. The minimum absolute atomic E-state index is 0.271. The van der Waals surface area contributed by atoms with Crippen molar-refractivity contribution in [3.63, 3.8) is 0 Å². The van der Waals surface area contributed by atoms with E-state index in [1.54, 1.807) is 13.8 Å². The van der Waals surface area contributed by atoms with Gasteiger partial charge in [0.1, 0.15) is 0 Å². The third-order valence-electron chi connectivity index (χ3n) is 3.00. The maximum atomic E-state index is 12.1. The van der Waals surface area contributed by atoms with Gasteiger partial charge in [-0.1, -0.05) is 35.6 Å². The molecule has 19 heavy (non-hydrogen) atoms. The first-order chi connectivity index (χ1) is 9.08. The maximum Gasteiger partial charge on any atom is 0.323 e. The molecule has 0 radical (unpaired) electrons. The predicted molar refractivity (Wildman–Crippen MR) is 83.0 cm³/mol. The first kappa shape index (κ1) is 18.4. The lowest BCUT2D eigenvalue weighted by molar-refractivity contribution is -0.173. The number of unbranched alkanes of at least 4 members (excludes halogenated alkanes) is 1. The van der Waals surface area contributed by atoms with Crippen LogP contribution in [0.15, 0.2) is 10.2 Å². The van der Waals surface area contributed by atoms with Gasteiger partial charge < -0.3 is 9.47 Å². The molecule has 0 bridgehead atoms. The molecule has 0 aliphatic carbocycles. The molecule has 0 saturated heterocycles. The Balaban J connectivity index is 4.94. The molecule has 0 aromatic heterocycles. The van der Waals surface area contributed by atoms with Gasteiger partial charge in [0.2, 0.25) is 0 Å². The molecule has 0 aromatic rings. The Kier molecular flexibility index (Phi) is 9.91. The van der Waals surface area contributed by atoms with Crippen molar-refractivity contribution in [1.29, 1.82) is 0 Å². The Bertz CT molecular complexity index is 295. The van der Waals surface area contributed by atoms with Crippen LogP contribution in [-0.2, 0) is 19.1 Å². The fourth-order valence-electron chi connectivity index (χ4n) is 1.88. The minimum Gasteiger partial charge on any atom is -0.465 e. The SMILES string of the molecule is CCOC(=O)C(CC)(CCC/C=C/I)C(=O)OCC.